The van der Waals surface area contributed by atoms with Gasteiger partial charge in [0.05, 0.1) is 12.8 Å². The first-order valence-corrected chi connectivity index (χ1v) is 7.36. The van der Waals surface area contributed by atoms with Gasteiger partial charge in [0.15, 0.2) is 0 Å². The fourth-order valence-corrected chi connectivity index (χ4v) is 2.29. The zero-order valence-corrected chi connectivity index (χ0v) is 13.4. The second-order valence-electron chi connectivity index (χ2n) is 6.50. The molecule has 0 spiro atoms. The van der Waals surface area contributed by atoms with E-state index in [-0.39, 0.29) is 17.9 Å². The van der Waals surface area contributed by atoms with E-state index < -0.39 is 11.7 Å². The minimum Gasteiger partial charge on any atom is -0.497 e. The van der Waals surface area contributed by atoms with Crippen molar-refractivity contribution in [2.45, 2.75) is 51.3 Å². The monoisotopic (exact) mass is 310 g/mol. The Hall–Kier alpha value is -1.98. The third-order valence-electron chi connectivity index (χ3n) is 3.39. The fourth-order valence-electron chi connectivity index (χ4n) is 2.29. The van der Waals surface area contributed by atoms with Crippen molar-refractivity contribution < 1.29 is 18.7 Å². The first-order chi connectivity index (χ1) is 10.3. The average molecular weight is 310 g/mol. The lowest BCUT2D eigenvalue weighted by Gasteiger charge is -2.37. The van der Waals surface area contributed by atoms with Crippen LogP contribution in [0.15, 0.2) is 18.2 Å². The van der Waals surface area contributed by atoms with Gasteiger partial charge in [0.25, 0.3) is 0 Å². The van der Waals surface area contributed by atoms with Crippen LogP contribution in [0.3, 0.4) is 0 Å². The zero-order chi connectivity index (χ0) is 16.3. The van der Waals surface area contributed by atoms with Gasteiger partial charge in [-0.15, -0.1) is 0 Å². The van der Waals surface area contributed by atoms with Gasteiger partial charge in [-0.2, -0.15) is 0 Å². The molecule has 1 aromatic carbocycles. The summed E-state index contributed by atoms with van der Waals surface area (Å²) in [6, 6.07) is 4.76. The molecular formula is C16H23FN2O3. The predicted octanol–water partition coefficient (Wildman–Crippen LogP) is 3.30. The van der Waals surface area contributed by atoms with E-state index in [0.29, 0.717) is 11.4 Å². The highest BCUT2D eigenvalue weighted by molar-refractivity contribution is 5.68. The molecule has 1 amide bonds. The van der Waals surface area contributed by atoms with E-state index in [0.717, 1.165) is 12.8 Å². The Morgan fingerprint density at radius 3 is 2.55 bits per heavy atom. The summed E-state index contributed by atoms with van der Waals surface area (Å²) in [5, 5.41) is 5.93. The van der Waals surface area contributed by atoms with E-state index in [1.165, 1.54) is 6.07 Å². The highest BCUT2D eigenvalue weighted by Crippen LogP contribution is 2.28. The molecule has 1 fully saturated rings. The summed E-state index contributed by atoms with van der Waals surface area (Å²) in [5.74, 6) is 0.288. The second kappa shape index (κ2) is 6.42. The molecule has 0 bridgehead atoms. The lowest BCUT2D eigenvalue weighted by molar-refractivity contribution is 0.0475. The van der Waals surface area contributed by atoms with Crippen molar-refractivity contribution in [3.8, 4) is 5.75 Å². The number of methoxy groups -OCH3 is 1. The summed E-state index contributed by atoms with van der Waals surface area (Å²) in [6.07, 6.45) is 1.05. The maximum absolute atomic E-state index is 13.7. The van der Waals surface area contributed by atoms with Gasteiger partial charge in [0.1, 0.15) is 17.2 Å². The van der Waals surface area contributed by atoms with Crippen LogP contribution in [0.25, 0.3) is 0 Å². The Morgan fingerprint density at radius 2 is 1.95 bits per heavy atom. The zero-order valence-electron chi connectivity index (χ0n) is 13.4. The molecule has 2 rings (SSSR count). The highest BCUT2D eigenvalue weighted by atomic mass is 19.1. The van der Waals surface area contributed by atoms with Crippen LogP contribution in [0.2, 0.25) is 0 Å². The van der Waals surface area contributed by atoms with Crippen molar-refractivity contribution in [1.29, 1.82) is 0 Å². The number of hydrogen-bond donors (Lipinski definition) is 2. The number of halogens is 1. The first-order valence-electron chi connectivity index (χ1n) is 7.36. The van der Waals surface area contributed by atoms with E-state index in [1.54, 1.807) is 19.2 Å². The van der Waals surface area contributed by atoms with Crippen LogP contribution in [-0.4, -0.2) is 30.9 Å². The molecule has 0 saturated heterocycles. The normalized spacial score (nSPS) is 20.8. The van der Waals surface area contributed by atoms with E-state index in [2.05, 4.69) is 10.6 Å². The van der Waals surface area contributed by atoms with Crippen LogP contribution >= 0.6 is 0 Å². The van der Waals surface area contributed by atoms with Crippen molar-refractivity contribution >= 4 is 11.8 Å². The number of carbonyl (C=O) groups excluding carboxylic acids is 1. The number of alkyl carbamates (subject to hydrolysis) is 1. The number of anilines is 1. The van der Waals surface area contributed by atoms with E-state index >= 15 is 0 Å². The number of amides is 1. The van der Waals surface area contributed by atoms with Crippen LogP contribution in [0.1, 0.15) is 33.6 Å². The largest absolute Gasteiger partial charge is 0.497 e. The van der Waals surface area contributed by atoms with Gasteiger partial charge in [0, 0.05) is 18.2 Å². The van der Waals surface area contributed by atoms with Crippen LogP contribution < -0.4 is 15.4 Å². The molecule has 2 N–H and O–H groups in total. The summed E-state index contributed by atoms with van der Waals surface area (Å²) in [4.78, 5) is 11.6. The molecule has 1 aliphatic carbocycles. The van der Waals surface area contributed by atoms with Gasteiger partial charge < -0.3 is 20.1 Å². The topological polar surface area (TPSA) is 59.6 Å². The van der Waals surface area contributed by atoms with Gasteiger partial charge in [0.2, 0.25) is 0 Å². The predicted molar refractivity (Wildman–Crippen MR) is 82.8 cm³/mol. The SMILES string of the molecule is COc1ccc(F)c(NC2CC(NC(=O)OC(C)(C)C)C2)c1. The molecule has 0 radical (unpaired) electrons. The Labute approximate surface area is 130 Å². The lowest BCUT2D eigenvalue weighted by atomic mass is 9.86. The van der Waals surface area contributed by atoms with Crippen LogP contribution in [0.5, 0.6) is 5.75 Å². The molecule has 0 heterocycles. The molecule has 0 atom stereocenters. The molecular weight excluding hydrogens is 287 g/mol. The van der Waals surface area contributed by atoms with Crippen LogP contribution in [-0.2, 0) is 4.74 Å². The maximum atomic E-state index is 13.7. The quantitative estimate of drug-likeness (QED) is 0.896. The third kappa shape index (κ3) is 4.51. The Morgan fingerprint density at radius 1 is 1.27 bits per heavy atom. The number of benzene rings is 1. The summed E-state index contributed by atoms with van der Waals surface area (Å²) in [6.45, 7) is 5.47. The Balaban J connectivity index is 1.79. The van der Waals surface area contributed by atoms with Gasteiger partial charge in [-0.1, -0.05) is 0 Å². The van der Waals surface area contributed by atoms with E-state index in [4.69, 9.17) is 9.47 Å². The fraction of sp³-hybridized carbons (Fsp3) is 0.562. The molecule has 0 aromatic heterocycles. The number of nitrogens with one attached hydrogen (secondary N) is 2. The van der Waals surface area contributed by atoms with Crippen LogP contribution in [0.4, 0.5) is 14.9 Å². The molecule has 1 aliphatic rings. The van der Waals surface area contributed by atoms with Crippen molar-refractivity contribution in [2.24, 2.45) is 0 Å². The summed E-state index contributed by atoms with van der Waals surface area (Å²) in [5.41, 5.74) is -0.0880. The van der Waals surface area contributed by atoms with Crippen LogP contribution in [0, 0.1) is 5.82 Å². The standard InChI is InChI=1S/C16H23FN2O3/c1-16(2,3)22-15(20)19-11-7-10(8-11)18-14-9-12(21-4)5-6-13(14)17/h5-6,9-11,18H,7-8H2,1-4H3,(H,19,20). The van der Waals surface area contributed by atoms with Crippen molar-refractivity contribution in [3.63, 3.8) is 0 Å². The van der Waals surface area contributed by atoms with Gasteiger partial charge in [-0.3, -0.25) is 0 Å². The van der Waals surface area contributed by atoms with E-state index in [1.807, 2.05) is 20.8 Å². The van der Waals surface area contributed by atoms with Crippen molar-refractivity contribution in [2.75, 3.05) is 12.4 Å². The molecule has 5 nitrogen and oxygen atoms in total. The molecule has 0 aliphatic heterocycles. The molecule has 6 heteroatoms. The molecule has 122 valence electrons. The minimum atomic E-state index is -0.505. The molecule has 0 unspecified atom stereocenters. The Bertz CT molecular complexity index is 537. The van der Waals surface area contributed by atoms with Gasteiger partial charge >= 0.3 is 6.09 Å². The number of rotatable bonds is 4. The highest BCUT2D eigenvalue weighted by Gasteiger charge is 2.32. The third-order valence-corrected chi connectivity index (χ3v) is 3.39. The summed E-state index contributed by atoms with van der Waals surface area (Å²) < 4.78 is 24.0. The summed E-state index contributed by atoms with van der Waals surface area (Å²) >= 11 is 0. The lowest BCUT2D eigenvalue weighted by Crippen LogP contribution is -2.50. The number of ether oxygens (including phenoxy) is 2. The van der Waals surface area contributed by atoms with Gasteiger partial charge in [-0.25, -0.2) is 9.18 Å². The molecule has 22 heavy (non-hydrogen) atoms. The first kappa shape index (κ1) is 16.4. The average Bonchev–Trinajstić information content (AvgIpc) is 2.36. The second-order valence-corrected chi connectivity index (χ2v) is 6.50. The van der Waals surface area contributed by atoms with E-state index in [9.17, 15) is 9.18 Å². The number of carbonyl (C=O) groups is 1. The van der Waals surface area contributed by atoms with Crippen molar-refractivity contribution in [1.82, 2.24) is 5.32 Å². The smallest absolute Gasteiger partial charge is 0.407 e. The van der Waals surface area contributed by atoms with Crippen molar-refractivity contribution in [3.05, 3.63) is 24.0 Å². The summed E-state index contributed by atoms with van der Waals surface area (Å²) in [7, 11) is 1.54. The number of hydrogen-bond acceptors (Lipinski definition) is 4. The maximum Gasteiger partial charge on any atom is 0.407 e. The molecule has 1 saturated carbocycles. The molecule has 1 aromatic rings. The van der Waals surface area contributed by atoms with Gasteiger partial charge in [-0.05, 0) is 45.7 Å². The Kier molecular flexibility index (Phi) is 4.78. The minimum absolute atomic E-state index is 0.0565.